The molecule has 1 aromatic heterocycles. The number of thioether (sulfide) groups is 1. The summed E-state index contributed by atoms with van der Waals surface area (Å²) in [4.78, 5) is 26.3. The number of carbonyl (C=O) groups excluding carboxylic acids is 2. The topological polar surface area (TPSA) is 62.6 Å². The van der Waals surface area contributed by atoms with Crippen LogP contribution in [0.25, 0.3) is 0 Å². The standard InChI is InChI=1S/C14H20N2O3S/c1-20-10-6-11(14(18)16-7-2-3-8-16)15-13(17)12-5-4-9-19-12/h4-5,9,11H,2-3,6-8,10H2,1H3,(H,15,17). The Morgan fingerprint density at radius 3 is 2.80 bits per heavy atom. The molecule has 1 aliphatic heterocycles. The minimum atomic E-state index is -0.460. The van der Waals surface area contributed by atoms with Crippen LogP contribution in [-0.4, -0.2) is 47.9 Å². The van der Waals surface area contributed by atoms with E-state index in [4.69, 9.17) is 4.42 Å². The fourth-order valence-corrected chi connectivity index (χ4v) is 2.76. The third kappa shape index (κ3) is 3.79. The average Bonchev–Trinajstić information content (AvgIpc) is 3.14. The van der Waals surface area contributed by atoms with Crippen molar-refractivity contribution < 1.29 is 14.0 Å². The molecule has 0 aromatic carbocycles. The molecule has 2 amide bonds. The molecule has 1 saturated heterocycles. The zero-order chi connectivity index (χ0) is 14.4. The molecule has 110 valence electrons. The fraction of sp³-hybridized carbons (Fsp3) is 0.571. The highest BCUT2D eigenvalue weighted by atomic mass is 32.2. The molecule has 6 heteroatoms. The molecule has 1 atom stereocenters. The predicted molar refractivity (Wildman–Crippen MR) is 78.8 cm³/mol. The van der Waals surface area contributed by atoms with Crippen molar-refractivity contribution in [3.8, 4) is 0 Å². The lowest BCUT2D eigenvalue weighted by Crippen LogP contribution is -2.48. The Balaban J connectivity index is 1.98. The van der Waals surface area contributed by atoms with Gasteiger partial charge in [-0.1, -0.05) is 0 Å². The van der Waals surface area contributed by atoms with Gasteiger partial charge in [-0.05, 0) is 43.4 Å². The average molecular weight is 296 g/mol. The number of likely N-dealkylation sites (tertiary alicyclic amines) is 1. The monoisotopic (exact) mass is 296 g/mol. The van der Waals surface area contributed by atoms with Crippen molar-refractivity contribution >= 4 is 23.6 Å². The first-order valence-corrected chi connectivity index (χ1v) is 8.24. The molecular weight excluding hydrogens is 276 g/mol. The summed E-state index contributed by atoms with van der Waals surface area (Å²) in [5.41, 5.74) is 0. The van der Waals surface area contributed by atoms with Gasteiger partial charge in [-0.2, -0.15) is 11.8 Å². The number of carbonyl (C=O) groups is 2. The summed E-state index contributed by atoms with van der Waals surface area (Å²) in [6.45, 7) is 1.59. The van der Waals surface area contributed by atoms with Crippen LogP contribution in [0.15, 0.2) is 22.8 Å². The quantitative estimate of drug-likeness (QED) is 0.869. The van der Waals surface area contributed by atoms with E-state index < -0.39 is 6.04 Å². The van der Waals surface area contributed by atoms with Gasteiger partial charge in [0.25, 0.3) is 5.91 Å². The second kappa shape index (κ2) is 7.38. The van der Waals surface area contributed by atoms with E-state index in [0.29, 0.717) is 6.42 Å². The van der Waals surface area contributed by atoms with Gasteiger partial charge >= 0.3 is 0 Å². The molecule has 0 spiro atoms. The second-order valence-electron chi connectivity index (χ2n) is 4.82. The third-order valence-electron chi connectivity index (χ3n) is 3.38. The minimum absolute atomic E-state index is 0.0245. The van der Waals surface area contributed by atoms with Gasteiger partial charge in [-0.25, -0.2) is 0 Å². The first-order chi connectivity index (χ1) is 9.72. The van der Waals surface area contributed by atoms with Crippen LogP contribution < -0.4 is 5.32 Å². The van der Waals surface area contributed by atoms with Crippen molar-refractivity contribution in [3.05, 3.63) is 24.2 Å². The Hall–Kier alpha value is -1.43. The summed E-state index contributed by atoms with van der Waals surface area (Å²) in [6.07, 6.45) is 6.18. The number of amides is 2. The maximum Gasteiger partial charge on any atom is 0.287 e. The lowest BCUT2D eigenvalue weighted by atomic mass is 10.2. The first kappa shape index (κ1) is 15.0. The molecule has 2 heterocycles. The molecule has 1 aromatic rings. The van der Waals surface area contributed by atoms with E-state index in [1.807, 2.05) is 11.2 Å². The van der Waals surface area contributed by atoms with Gasteiger partial charge in [-0.15, -0.1) is 0 Å². The SMILES string of the molecule is CSCCC(NC(=O)c1ccco1)C(=O)N1CCCC1. The van der Waals surface area contributed by atoms with Gasteiger partial charge < -0.3 is 14.6 Å². The highest BCUT2D eigenvalue weighted by Gasteiger charge is 2.28. The molecule has 5 nitrogen and oxygen atoms in total. The summed E-state index contributed by atoms with van der Waals surface area (Å²) in [6, 6.07) is 2.80. The predicted octanol–water partition coefficient (Wildman–Crippen LogP) is 1.75. The van der Waals surface area contributed by atoms with E-state index in [1.165, 1.54) is 6.26 Å². The van der Waals surface area contributed by atoms with Gasteiger partial charge in [0.05, 0.1) is 6.26 Å². The lowest BCUT2D eigenvalue weighted by Gasteiger charge is -2.23. The maximum absolute atomic E-state index is 12.4. The number of hydrogen-bond donors (Lipinski definition) is 1. The van der Waals surface area contributed by atoms with Crippen LogP contribution in [0, 0.1) is 0 Å². The Labute approximate surface area is 123 Å². The fourth-order valence-electron chi connectivity index (χ4n) is 2.29. The van der Waals surface area contributed by atoms with Crippen molar-refractivity contribution in [1.29, 1.82) is 0 Å². The number of rotatable bonds is 6. The summed E-state index contributed by atoms with van der Waals surface area (Å²) < 4.78 is 5.06. The lowest BCUT2D eigenvalue weighted by molar-refractivity contribution is -0.132. The molecule has 2 rings (SSSR count). The normalized spacial score (nSPS) is 16.1. The maximum atomic E-state index is 12.4. The van der Waals surface area contributed by atoms with E-state index in [2.05, 4.69) is 5.32 Å². The highest BCUT2D eigenvalue weighted by molar-refractivity contribution is 7.98. The van der Waals surface area contributed by atoms with Crippen molar-refractivity contribution in [2.24, 2.45) is 0 Å². The Morgan fingerprint density at radius 2 is 2.20 bits per heavy atom. The molecule has 0 radical (unpaired) electrons. The molecule has 0 bridgehead atoms. The third-order valence-corrected chi connectivity index (χ3v) is 4.02. The molecular formula is C14H20N2O3S. The Bertz CT molecular complexity index is 441. The number of nitrogens with one attached hydrogen (secondary N) is 1. The van der Waals surface area contributed by atoms with Crippen molar-refractivity contribution in [3.63, 3.8) is 0 Å². The van der Waals surface area contributed by atoms with Crippen LogP contribution in [0.4, 0.5) is 0 Å². The van der Waals surface area contributed by atoms with Crippen LogP contribution in [0.5, 0.6) is 0 Å². The zero-order valence-corrected chi connectivity index (χ0v) is 12.4. The summed E-state index contributed by atoms with van der Waals surface area (Å²) in [5.74, 6) is 0.779. The van der Waals surface area contributed by atoms with Crippen LogP contribution in [-0.2, 0) is 4.79 Å². The highest BCUT2D eigenvalue weighted by Crippen LogP contribution is 2.12. The minimum Gasteiger partial charge on any atom is -0.459 e. The van der Waals surface area contributed by atoms with Gasteiger partial charge in [0.15, 0.2) is 5.76 Å². The molecule has 1 fully saturated rings. The van der Waals surface area contributed by atoms with Crippen LogP contribution in [0.2, 0.25) is 0 Å². The molecule has 1 unspecified atom stereocenters. The molecule has 20 heavy (non-hydrogen) atoms. The first-order valence-electron chi connectivity index (χ1n) is 6.84. The Kier molecular flexibility index (Phi) is 5.52. The van der Waals surface area contributed by atoms with Crippen molar-refractivity contribution in [1.82, 2.24) is 10.2 Å². The zero-order valence-electron chi connectivity index (χ0n) is 11.6. The smallest absolute Gasteiger partial charge is 0.287 e. The van der Waals surface area contributed by atoms with E-state index >= 15 is 0 Å². The van der Waals surface area contributed by atoms with Gasteiger partial charge in [-0.3, -0.25) is 9.59 Å². The van der Waals surface area contributed by atoms with E-state index in [-0.39, 0.29) is 17.6 Å². The molecule has 1 aliphatic rings. The van der Waals surface area contributed by atoms with Crippen LogP contribution in [0.1, 0.15) is 29.8 Å². The van der Waals surface area contributed by atoms with Crippen molar-refractivity contribution in [2.45, 2.75) is 25.3 Å². The molecule has 1 N–H and O–H groups in total. The van der Waals surface area contributed by atoms with E-state index in [9.17, 15) is 9.59 Å². The van der Waals surface area contributed by atoms with Gasteiger partial charge in [0, 0.05) is 13.1 Å². The summed E-state index contributed by atoms with van der Waals surface area (Å²) in [5, 5.41) is 2.79. The summed E-state index contributed by atoms with van der Waals surface area (Å²) in [7, 11) is 0. The van der Waals surface area contributed by atoms with E-state index in [1.54, 1.807) is 23.9 Å². The van der Waals surface area contributed by atoms with Crippen LogP contribution >= 0.6 is 11.8 Å². The Morgan fingerprint density at radius 1 is 1.45 bits per heavy atom. The largest absolute Gasteiger partial charge is 0.459 e. The van der Waals surface area contributed by atoms with Crippen LogP contribution in [0.3, 0.4) is 0 Å². The molecule has 0 aliphatic carbocycles. The number of nitrogens with zero attached hydrogens (tertiary/aromatic N) is 1. The molecule has 0 saturated carbocycles. The summed E-state index contributed by atoms with van der Waals surface area (Å²) >= 11 is 1.67. The number of furan rings is 1. The van der Waals surface area contributed by atoms with Gasteiger partial charge in [0.1, 0.15) is 6.04 Å². The number of hydrogen-bond acceptors (Lipinski definition) is 4. The van der Waals surface area contributed by atoms with E-state index in [0.717, 1.165) is 31.7 Å². The van der Waals surface area contributed by atoms with Crippen molar-refractivity contribution in [2.75, 3.05) is 25.1 Å². The van der Waals surface area contributed by atoms with Gasteiger partial charge in [0.2, 0.25) is 5.91 Å². The second-order valence-corrected chi connectivity index (χ2v) is 5.80.